The Morgan fingerprint density at radius 3 is 2.59 bits per heavy atom. The Labute approximate surface area is 134 Å². The Morgan fingerprint density at radius 2 is 1.91 bits per heavy atom. The first-order valence-electron chi connectivity index (χ1n) is 8.51. The van der Waals surface area contributed by atoms with Crippen molar-refractivity contribution in [2.45, 2.75) is 39.0 Å². The van der Waals surface area contributed by atoms with Crippen molar-refractivity contribution in [3.63, 3.8) is 0 Å². The number of rotatable bonds is 7. The molecule has 2 aliphatic heterocycles. The van der Waals surface area contributed by atoms with E-state index in [-0.39, 0.29) is 17.6 Å². The van der Waals surface area contributed by atoms with Crippen LogP contribution in [0.5, 0.6) is 0 Å². The summed E-state index contributed by atoms with van der Waals surface area (Å²) in [6.07, 6.45) is 5.10. The number of hydrogen-bond acceptors (Lipinski definition) is 4. The summed E-state index contributed by atoms with van der Waals surface area (Å²) in [5, 5.41) is 2.98. The Balaban J connectivity index is 1.70. The summed E-state index contributed by atoms with van der Waals surface area (Å²) in [5.41, 5.74) is 0. The topological polar surface area (TPSA) is 69.7 Å². The van der Waals surface area contributed by atoms with Gasteiger partial charge < -0.3 is 10.2 Å². The smallest absolute Gasteiger partial charge is 0.224 e. The highest BCUT2D eigenvalue weighted by molar-refractivity contribution is 7.89. The average Bonchev–Trinajstić information content (AvgIpc) is 3.05. The number of amides is 1. The second-order valence-electron chi connectivity index (χ2n) is 6.29. The van der Waals surface area contributed by atoms with Crippen molar-refractivity contribution in [3.05, 3.63) is 0 Å². The van der Waals surface area contributed by atoms with Gasteiger partial charge in [-0.2, -0.15) is 0 Å². The van der Waals surface area contributed by atoms with Crippen molar-refractivity contribution >= 4 is 15.9 Å². The molecular weight excluding hydrogens is 302 g/mol. The molecule has 0 aromatic heterocycles. The minimum absolute atomic E-state index is 0.0115. The van der Waals surface area contributed by atoms with Gasteiger partial charge in [-0.1, -0.05) is 0 Å². The summed E-state index contributed by atoms with van der Waals surface area (Å²) in [5.74, 6) is -0.0729. The normalized spacial score (nSPS) is 24.5. The van der Waals surface area contributed by atoms with Crippen LogP contribution in [0.15, 0.2) is 0 Å². The summed E-state index contributed by atoms with van der Waals surface area (Å²) in [6.45, 7) is 6.63. The van der Waals surface area contributed by atoms with E-state index >= 15 is 0 Å². The molecule has 0 aliphatic carbocycles. The summed E-state index contributed by atoms with van der Waals surface area (Å²) >= 11 is 0. The van der Waals surface area contributed by atoms with E-state index in [9.17, 15) is 13.2 Å². The molecule has 0 unspecified atom stereocenters. The van der Waals surface area contributed by atoms with Crippen molar-refractivity contribution in [2.75, 3.05) is 45.0 Å². The molecule has 2 rings (SSSR count). The van der Waals surface area contributed by atoms with Crippen LogP contribution >= 0.6 is 0 Å². The quantitative estimate of drug-likeness (QED) is 0.696. The van der Waals surface area contributed by atoms with Gasteiger partial charge in [0.05, 0.1) is 11.7 Å². The number of hydrogen-bond donors (Lipinski definition) is 1. The van der Waals surface area contributed by atoms with Crippen molar-refractivity contribution in [3.8, 4) is 0 Å². The Kier molecular flexibility index (Phi) is 6.65. The van der Waals surface area contributed by atoms with Crippen molar-refractivity contribution < 1.29 is 13.2 Å². The van der Waals surface area contributed by atoms with Crippen molar-refractivity contribution in [2.24, 2.45) is 5.92 Å². The number of carbonyl (C=O) groups excluding carboxylic acids is 1. The SMILES string of the molecule is CCS(=O)(=O)N1CCC[C@@H](C(=O)NCCCN2CCCC2)C1. The van der Waals surface area contributed by atoms with E-state index in [1.54, 1.807) is 6.92 Å². The van der Waals surface area contributed by atoms with E-state index in [1.165, 1.54) is 30.2 Å². The molecule has 6 nitrogen and oxygen atoms in total. The van der Waals surface area contributed by atoms with Crippen LogP contribution in [0.4, 0.5) is 0 Å². The summed E-state index contributed by atoms with van der Waals surface area (Å²) in [6, 6.07) is 0. The van der Waals surface area contributed by atoms with Crippen LogP contribution in [0.1, 0.15) is 39.0 Å². The van der Waals surface area contributed by atoms with Gasteiger partial charge in [0.25, 0.3) is 0 Å². The predicted octanol–water partition coefficient (Wildman–Crippen LogP) is 0.650. The van der Waals surface area contributed by atoms with Gasteiger partial charge in [0.1, 0.15) is 0 Å². The monoisotopic (exact) mass is 331 g/mol. The zero-order chi connectivity index (χ0) is 16.0. The van der Waals surface area contributed by atoms with Gasteiger partial charge in [0.2, 0.25) is 15.9 Å². The van der Waals surface area contributed by atoms with Crippen LogP contribution in [0.25, 0.3) is 0 Å². The van der Waals surface area contributed by atoms with E-state index in [2.05, 4.69) is 10.2 Å². The van der Waals surface area contributed by atoms with Crippen LogP contribution in [0.3, 0.4) is 0 Å². The average molecular weight is 331 g/mol. The molecule has 2 heterocycles. The fraction of sp³-hybridized carbons (Fsp3) is 0.933. The standard InChI is InChI=1S/C15H29N3O3S/c1-2-22(20,21)18-12-5-7-14(13-18)15(19)16-8-6-11-17-9-3-4-10-17/h14H,2-13H2,1H3,(H,16,19)/t14-/m1/s1. The number of likely N-dealkylation sites (tertiary alicyclic amines) is 1. The Morgan fingerprint density at radius 1 is 1.18 bits per heavy atom. The minimum Gasteiger partial charge on any atom is -0.356 e. The molecule has 1 amide bonds. The van der Waals surface area contributed by atoms with E-state index in [0.29, 0.717) is 19.6 Å². The van der Waals surface area contributed by atoms with Crippen LogP contribution in [-0.4, -0.2) is 68.6 Å². The maximum absolute atomic E-state index is 12.2. The first kappa shape index (κ1) is 17.7. The second kappa shape index (κ2) is 8.26. The Hall–Kier alpha value is -0.660. The molecule has 2 aliphatic rings. The van der Waals surface area contributed by atoms with Crippen LogP contribution in [0, 0.1) is 5.92 Å². The highest BCUT2D eigenvalue weighted by atomic mass is 32.2. The van der Waals surface area contributed by atoms with Gasteiger partial charge >= 0.3 is 0 Å². The highest BCUT2D eigenvalue weighted by Gasteiger charge is 2.31. The molecule has 0 bridgehead atoms. The number of piperidine rings is 1. The number of nitrogens with zero attached hydrogens (tertiary/aromatic N) is 2. The minimum atomic E-state index is -3.18. The van der Waals surface area contributed by atoms with E-state index in [0.717, 1.165) is 25.8 Å². The molecule has 0 aromatic carbocycles. The lowest BCUT2D eigenvalue weighted by molar-refractivity contribution is -0.126. The molecule has 2 saturated heterocycles. The zero-order valence-electron chi connectivity index (χ0n) is 13.6. The maximum atomic E-state index is 12.2. The van der Waals surface area contributed by atoms with E-state index in [1.807, 2.05) is 0 Å². The van der Waals surface area contributed by atoms with E-state index in [4.69, 9.17) is 0 Å². The number of nitrogens with one attached hydrogen (secondary N) is 1. The molecule has 128 valence electrons. The predicted molar refractivity (Wildman–Crippen MR) is 87.1 cm³/mol. The number of carbonyl (C=O) groups is 1. The summed E-state index contributed by atoms with van der Waals surface area (Å²) in [4.78, 5) is 14.6. The van der Waals surface area contributed by atoms with Gasteiger partial charge in [-0.15, -0.1) is 0 Å². The molecule has 0 radical (unpaired) electrons. The molecule has 2 fully saturated rings. The fourth-order valence-corrected chi connectivity index (χ4v) is 4.44. The molecule has 0 aromatic rings. The largest absolute Gasteiger partial charge is 0.356 e. The summed E-state index contributed by atoms with van der Waals surface area (Å²) < 4.78 is 25.3. The van der Waals surface area contributed by atoms with Crippen LogP contribution in [0.2, 0.25) is 0 Å². The second-order valence-corrected chi connectivity index (χ2v) is 8.55. The van der Waals surface area contributed by atoms with Gasteiger partial charge in [-0.05, 0) is 58.7 Å². The van der Waals surface area contributed by atoms with Gasteiger partial charge in [-0.25, -0.2) is 12.7 Å². The lowest BCUT2D eigenvalue weighted by atomic mass is 9.99. The maximum Gasteiger partial charge on any atom is 0.224 e. The molecule has 0 saturated carbocycles. The lowest BCUT2D eigenvalue weighted by Crippen LogP contribution is -2.46. The third kappa shape index (κ3) is 4.93. The fourth-order valence-electron chi connectivity index (χ4n) is 3.26. The lowest BCUT2D eigenvalue weighted by Gasteiger charge is -2.31. The first-order valence-corrected chi connectivity index (χ1v) is 10.1. The molecule has 22 heavy (non-hydrogen) atoms. The van der Waals surface area contributed by atoms with Gasteiger partial charge in [0, 0.05) is 19.6 Å². The van der Waals surface area contributed by atoms with Crippen molar-refractivity contribution in [1.29, 1.82) is 0 Å². The van der Waals surface area contributed by atoms with E-state index < -0.39 is 10.0 Å². The molecule has 1 N–H and O–H groups in total. The summed E-state index contributed by atoms with van der Waals surface area (Å²) in [7, 11) is -3.18. The third-order valence-corrected chi connectivity index (χ3v) is 6.51. The molecule has 1 atom stereocenters. The van der Waals surface area contributed by atoms with Gasteiger partial charge in [-0.3, -0.25) is 4.79 Å². The number of sulfonamides is 1. The third-order valence-electron chi connectivity index (χ3n) is 4.66. The van der Waals surface area contributed by atoms with Crippen LogP contribution in [-0.2, 0) is 14.8 Å². The van der Waals surface area contributed by atoms with Gasteiger partial charge in [0.15, 0.2) is 0 Å². The molecule has 7 heteroatoms. The highest BCUT2D eigenvalue weighted by Crippen LogP contribution is 2.19. The van der Waals surface area contributed by atoms with Crippen molar-refractivity contribution in [1.82, 2.24) is 14.5 Å². The first-order chi connectivity index (χ1) is 10.5. The zero-order valence-corrected chi connectivity index (χ0v) is 14.4. The molecular formula is C15H29N3O3S. The van der Waals surface area contributed by atoms with Crippen LogP contribution < -0.4 is 5.32 Å². The molecule has 0 spiro atoms. The Bertz CT molecular complexity index is 461.